The third-order valence-corrected chi connectivity index (χ3v) is 7.15. The van der Waals surface area contributed by atoms with E-state index in [9.17, 15) is 4.79 Å². The molecule has 33 heavy (non-hydrogen) atoms. The van der Waals surface area contributed by atoms with Crippen molar-refractivity contribution in [3.63, 3.8) is 0 Å². The third-order valence-electron chi connectivity index (χ3n) is 7.15. The zero-order chi connectivity index (χ0) is 22.2. The van der Waals surface area contributed by atoms with E-state index in [1.165, 1.54) is 23.1 Å². The molecule has 0 atom stereocenters. The van der Waals surface area contributed by atoms with E-state index in [0.29, 0.717) is 12.4 Å². The molecule has 0 aliphatic carbocycles. The highest BCUT2D eigenvalue weighted by Crippen LogP contribution is 2.35. The molecule has 4 heterocycles. The molecule has 2 aliphatic rings. The van der Waals surface area contributed by atoms with E-state index < -0.39 is 0 Å². The van der Waals surface area contributed by atoms with Crippen molar-refractivity contribution in [2.45, 2.75) is 52.8 Å². The van der Waals surface area contributed by atoms with Crippen LogP contribution in [0.3, 0.4) is 0 Å². The summed E-state index contributed by atoms with van der Waals surface area (Å²) in [5.41, 5.74) is 6.71. The molecule has 7 heteroatoms. The second-order valence-corrected chi connectivity index (χ2v) is 9.08. The highest BCUT2D eigenvalue weighted by molar-refractivity contribution is 6.01. The van der Waals surface area contributed by atoms with Crippen LogP contribution in [-0.4, -0.2) is 47.1 Å². The van der Waals surface area contributed by atoms with E-state index in [1.54, 1.807) is 7.11 Å². The maximum Gasteiger partial charge on any atom is 0.272 e. The van der Waals surface area contributed by atoms with Crippen molar-refractivity contribution in [3.8, 4) is 0 Å². The summed E-state index contributed by atoms with van der Waals surface area (Å²) in [5.74, 6) is 0.951. The molecule has 1 aromatic carbocycles. The quantitative estimate of drug-likeness (QED) is 0.548. The number of anilines is 1. The zero-order valence-electron chi connectivity index (χ0n) is 19.8. The molecule has 0 unspecified atom stereocenters. The normalized spacial score (nSPS) is 16.0. The van der Waals surface area contributed by atoms with Crippen LogP contribution in [0.15, 0.2) is 30.3 Å². The maximum atomic E-state index is 13.4. The number of pyridine rings is 1. The molecule has 0 radical (unpaired) electrons. The van der Waals surface area contributed by atoms with Gasteiger partial charge in [-0.05, 0) is 62.3 Å². The topological polar surface area (TPSA) is 50.6 Å². The predicted molar refractivity (Wildman–Crippen MR) is 134 cm³/mol. The lowest BCUT2D eigenvalue weighted by molar-refractivity contribution is 0.0718. The number of nitrogens with zero attached hydrogens (tertiary/aromatic N) is 4. The smallest absolute Gasteiger partial charge is 0.272 e. The van der Waals surface area contributed by atoms with E-state index in [4.69, 9.17) is 9.72 Å². The maximum absolute atomic E-state index is 13.4. The van der Waals surface area contributed by atoms with Gasteiger partial charge in [0, 0.05) is 44.4 Å². The molecule has 176 valence electrons. The number of methoxy groups -OCH3 is 1. The molecule has 1 fully saturated rings. The van der Waals surface area contributed by atoms with Crippen molar-refractivity contribution in [3.05, 3.63) is 58.4 Å². The monoisotopic (exact) mass is 468 g/mol. The van der Waals surface area contributed by atoms with Gasteiger partial charge in [0.25, 0.3) is 5.91 Å². The van der Waals surface area contributed by atoms with Crippen LogP contribution in [0.4, 0.5) is 5.82 Å². The molecule has 2 aromatic heterocycles. The van der Waals surface area contributed by atoms with Crippen molar-refractivity contribution in [2.24, 2.45) is 0 Å². The highest BCUT2D eigenvalue weighted by atomic mass is 35.5. The van der Waals surface area contributed by atoms with Crippen LogP contribution in [0.25, 0.3) is 10.9 Å². The fraction of sp³-hybridized carbons (Fsp3) is 0.462. The van der Waals surface area contributed by atoms with E-state index >= 15 is 0 Å². The molecule has 1 amide bonds. The summed E-state index contributed by atoms with van der Waals surface area (Å²) in [4.78, 5) is 22.8. The number of hydrogen-bond acceptors (Lipinski definition) is 4. The van der Waals surface area contributed by atoms with Gasteiger partial charge in [-0.2, -0.15) is 0 Å². The Kier molecular flexibility index (Phi) is 6.96. The Balaban J connectivity index is 0.00000259. The second-order valence-electron chi connectivity index (χ2n) is 9.08. The van der Waals surface area contributed by atoms with Crippen molar-refractivity contribution < 1.29 is 9.53 Å². The number of hydrogen-bond donors (Lipinski definition) is 0. The summed E-state index contributed by atoms with van der Waals surface area (Å²) in [6.45, 7) is 8.06. The fourth-order valence-electron chi connectivity index (χ4n) is 5.20. The first-order valence-electron chi connectivity index (χ1n) is 11.7. The molecular weight excluding hydrogens is 436 g/mol. The van der Waals surface area contributed by atoms with E-state index in [0.717, 1.165) is 67.9 Å². The number of likely N-dealkylation sites (tertiary alicyclic amines) is 1. The Bertz CT molecular complexity index is 1170. The first kappa shape index (κ1) is 23.6. The first-order valence-corrected chi connectivity index (χ1v) is 11.7. The lowest BCUT2D eigenvalue weighted by Crippen LogP contribution is -2.37. The van der Waals surface area contributed by atoms with Gasteiger partial charge < -0.3 is 19.1 Å². The van der Waals surface area contributed by atoms with Crippen molar-refractivity contribution in [2.75, 3.05) is 31.6 Å². The first-order chi connectivity index (χ1) is 15.6. The van der Waals surface area contributed by atoms with E-state index in [-0.39, 0.29) is 18.3 Å². The van der Waals surface area contributed by atoms with Crippen molar-refractivity contribution in [1.82, 2.24) is 14.5 Å². The number of benzene rings is 1. The zero-order valence-corrected chi connectivity index (χ0v) is 20.6. The van der Waals surface area contributed by atoms with Gasteiger partial charge in [0.1, 0.15) is 12.4 Å². The molecule has 0 saturated carbocycles. The summed E-state index contributed by atoms with van der Waals surface area (Å²) in [7, 11) is 1.72. The molecule has 3 aromatic rings. The van der Waals surface area contributed by atoms with Crippen LogP contribution in [0.5, 0.6) is 0 Å². The summed E-state index contributed by atoms with van der Waals surface area (Å²) < 4.78 is 7.74. The van der Waals surface area contributed by atoms with Crippen LogP contribution in [0.2, 0.25) is 0 Å². The van der Waals surface area contributed by atoms with E-state index in [1.807, 2.05) is 11.0 Å². The predicted octanol–water partition coefficient (Wildman–Crippen LogP) is 4.87. The Morgan fingerprint density at radius 3 is 2.52 bits per heavy atom. The van der Waals surface area contributed by atoms with Gasteiger partial charge in [0.2, 0.25) is 0 Å². The van der Waals surface area contributed by atoms with Gasteiger partial charge in [0.15, 0.2) is 5.82 Å². The van der Waals surface area contributed by atoms with Gasteiger partial charge in [-0.15, -0.1) is 12.4 Å². The third kappa shape index (κ3) is 4.22. The minimum atomic E-state index is 0. The van der Waals surface area contributed by atoms with Gasteiger partial charge in [-0.3, -0.25) is 4.79 Å². The Morgan fingerprint density at radius 2 is 1.79 bits per heavy atom. The summed E-state index contributed by atoms with van der Waals surface area (Å²) in [5, 5.41) is 1.10. The molecule has 0 N–H and O–H groups in total. The van der Waals surface area contributed by atoms with Crippen LogP contribution in [0, 0.1) is 13.8 Å². The van der Waals surface area contributed by atoms with Crippen LogP contribution in [-0.2, 0) is 24.4 Å². The van der Waals surface area contributed by atoms with Crippen molar-refractivity contribution >= 4 is 35.0 Å². The number of piperidine rings is 1. The number of ether oxygens (including phenoxy) is 1. The Morgan fingerprint density at radius 1 is 1.06 bits per heavy atom. The number of rotatable bonds is 4. The molecule has 0 spiro atoms. The molecule has 1 saturated heterocycles. The van der Waals surface area contributed by atoms with Gasteiger partial charge >= 0.3 is 0 Å². The average molecular weight is 469 g/mol. The van der Waals surface area contributed by atoms with Crippen LogP contribution >= 0.6 is 12.4 Å². The lowest BCUT2D eigenvalue weighted by atomic mass is 10.00. The number of aromatic nitrogens is 2. The summed E-state index contributed by atoms with van der Waals surface area (Å²) in [6.07, 6.45) is 4.33. The second kappa shape index (κ2) is 9.74. The minimum Gasteiger partial charge on any atom is -0.364 e. The number of amides is 1. The average Bonchev–Trinajstić information content (AvgIpc) is 3.08. The molecular formula is C26H33ClN4O2. The molecule has 5 rings (SSSR count). The molecule has 0 bridgehead atoms. The summed E-state index contributed by atoms with van der Waals surface area (Å²) in [6, 6.07) is 10.6. The van der Waals surface area contributed by atoms with E-state index in [2.05, 4.69) is 47.6 Å². The van der Waals surface area contributed by atoms with Gasteiger partial charge in [-0.1, -0.05) is 24.3 Å². The number of halogens is 1. The van der Waals surface area contributed by atoms with Gasteiger partial charge in [-0.25, -0.2) is 4.98 Å². The van der Waals surface area contributed by atoms with Crippen LogP contribution < -0.4 is 4.90 Å². The molecule has 6 nitrogen and oxygen atoms in total. The minimum absolute atomic E-state index is 0. The Hall–Kier alpha value is -2.57. The number of fused-ring (bicyclic) bond motifs is 2. The SMILES string of the molecule is COCn1c(C)c(C)c2cc(C(=O)N3CCCCC3)nc(N3CCc4ccccc4C3)c21.Cl. The standard InChI is InChI=1S/C26H32N4O2.ClH/c1-18-19(2)30(17-32-3)24-22(18)15-23(26(31)28-12-7-4-8-13-28)27-25(24)29-14-11-20-9-5-6-10-21(20)16-29;/h5-6,9-10,15H,4,7-8,11-14,16-17H2,1-3H3;1H. The fourth-order valence-corrected chi connectivity index (χ4v) is 5.20. The lowest BCUT2D eigenvalue weighted by Gasteiger charge is -2.31. The highest BCUT2D eigenvalue weighted by Gasteiger charge is 2.27. The van der Waals surface area contributed by atoms with Gasteiger partial charge in [0.05, 0.1) is 5.52 Å². The number of carbonyl (C=O) groups excluding carboxylic acids is 1. The Labute approximate surface area is 201 Å². The number of aryl methyl sites for hydroxylation is 1. The van der Waals surface area contributed by atoms with Crippen molar-refractivity contribution in [1.29, 1.82) is 0 Å². The molecule has 2 aliphatic heterocycles. The summed E-state index contributed by atoms with van der Waals surface area (Å²) >= 11 is 0. The largest absolute Gasteiger partial charge is 0.364 e. The van der Waals surface area contributed by atoms with Crippen LogP contribution in [0.1, 0.15) is 52.1 Å². The number of carbonyl (C=O) groups is 1.